The number of likely N-dealkylation sites (tertiary alicyclic amines) is 1. The lowest BCUT2D eigenvalue weighted by molar-refractivity contribution is -0.897. The molecule has 7 nitrogen and oxygen atoms in total. The summed E-state index contributed by atoms with van der Waals surface area (Å²) in [6.07, 6.45) is -2.35. The van der Waals surface area contributed by atoms with Crippen LogP contribution in [0.1, 0.15) is 12.8 Å². The predicted octanol–water partition coefficient (Wildman–Crippen LogP) is -0.273. The van der Waals surface area contributed by atoms with Gasteiger partial charge in [0.05, 0.1) is 13.1 Å². The second-order valence-electron chi connectivity index (χ2n) is 5.98. The first-order valence-corrected chi connectivity index (χ1v) is 7.65. The normalized spacial score (nSPS) is 24.4. The Balaban J connectivity index is 1.52. The lowest BCUT2D eigenvalue weighted by atomic mass is 9.96. The maximum absolute atomic E-state index is 13.0. The fourth-order valence-electron chi connectivity index (χ4n) is 2.95. The zero-order valence-corrected chi connectivity index (χ0v) is 12.8. The molecule has 1 aromatic carbocycles. The van der Waals surface area contributed by atoms with Crippen LogP contribution in [-0.4, -0.2) is 37.7 Å². The van der Waals surface area contributed by atoms with Crippen LogP contribution in [0.4, 0.5) is 14.5 Å². The molecule has 9 heteroatoms. The third-order valence-corrected chi connectivity index (χ3v) is 4.19. The van der Waals surface area contributed by atoms with Crippen LogP contribution in [0.2, 0.25) is 0 Å². The summed E-state index contributed by atoms with van der Waals surface area (Å²) in [6.45, 7) is 1.61. The molecule has 4 N–H and O–H groups in total. The number of hydrogen-bond donors (Lipinski definition) is 3. The van der Waals surface area contributed by atoms with Crippen molar-refractivity contribution < 1.29 is 32.7 Å². The van der Waals surface area contributed by atoms with E-state index >= 15 is 0 Å². The average molecular weight is 342 g/mol. The first-order valence-electron chi connectivity index (χ1n) is 7.65. The number of nitrogens with one attached hydrogen (secondary N) is 2. The molecule has 0 aromatic heterocycles. The van der Waals surface area contributed by atoms with Crippen LogP contribution in [0.15, 0.2) is 18.2 Å². The average Bonchev–Trinajstić information content (AvgIpc) is 2.80. The molecule has 3 rings (SSSR count). The maximum Gasteiger partial charge on any atom is 0.586 e. The summed E-state index contributed by atoms with van der Waals surface area (Å²) in [5.41, 5.74) is 5.63. The van der Waals surface area contributed by atoms with Gasteiger partial charge in [-0.1, -0.05) is 0 Å². The van der Waals surface area contributed by atoms with Crippen molar-refractivity contribution in [2.75, 3.05) is 25.0 Å². The summed E-state index contributed by atoms with van der Waals surface area (Å²) in [5.74, 6) is -0.847. The molecule has 2 aliphatic rings. The Morgan fingerprint density at radius 1 is 1.25 bits per heavy atom. The summed E-state index contributed by atoms with van der Waals surface area (Å²) in [7, 11) is 0. The number of fused-ring (bicyclic) bond motifs is 1. The molecule has 0 saturated carbocycles. The number of piperidine rings is 1. The highest BCUT2D eigenvalue weighted by Gasteiger charge is 2.43. The van der Waals surface area contributed by atoms with Gasteiger partial charge in [0.2, 0.25) is 5.91 Å². The van der Waals surface area contributed by atoms with E-state index in [-0.39, 0.29) is 35.8 Å². The SMILES string of the molecule is NC(=O)C1CC[NH+](CC(=O)Nc2ccc3c(c2)OC(F)(F)O3)CC1. The van der Waals surface area contributed by atoms with Crippen molar-refractivity contribution >= 4 is 17.5 Å². The number of hydrogen-bond acceptors (Lipinski definition) is 4. The molecular weight excluding hydrogens is 324 g/mol. The zero-order chi connectivity index (χ0) is 17.3. The van der Waals surface area contributed by atoms with Crippen LogP contribution in [-0.2, 0) is 9.59 Å². The molecule has 0 unspecified atom stereocenters. The summed E-state index contributed by atoms with van der Waals surface area (Å²) in [6, 6.07) is 4.08. The lowest BCUT2D eigenvalue weighted by Crippen LogP contribution is -3.14. The molecule has 0 radical (unpaired) electrons. The Hall–Kier alpha value is -2.42. The van der Waals surface area contributed by atoms with Gasteiger partial charge < -0.3 is 25.4 Å². The van der Waals surface area contributed by atoms with Gasteiger partial charge in [0.25, 0.3) is 5.91 Å². The lowest BCUT2D eigenvalue weighted by Gasteiger charge is -2.27. The van der Waals surface area contributed by atoms with Crippen LogP contribution >= 0.6 is 0 Å². The van der Waals surface area contributed by atoms with Gasteiger partial charge in [0, 0.05) is 30.5 Å². The number of halogens is 2. The Morgan fingerprint density at radius 2 is 1.92 bits per heavy atom. The second-order valence-corrected chi connectivity index (χ2v) is 5.98. The number of nitrogens with two attached hydrogens (primary N) is 1. The highest BCUT2D eigenvalue weighted by Crippen LogP contribution is 2.42. The van der Waals surface area contributed by atoms with E-state index in [0.717, 1.165) is 4.90 Å². The Kier molecular flexibility index (Phi) is 4.27. The monoisotopic (exact) mass is 342 g/mol. The van der Waals surface area contributed by atoms with Crippen LogP contribution in [0.3, 0.4) is 0 Å². The van der Waals surface area contributed by atoms with Crippen molar-refractivity contribution in [2.45, 2.75) is 19.1 Å². The molecule has 24 heavy (non-hydrogen) atoms. The number of primary amides is 1. The first-order chi connectivity index (χ1) is 11.3. The molecule has 0 aliphatic carbocycles. The Bertz CT molecular complexity index is 660. The number of rotatable bonds is 4. The molecule has 0 spiro atoms. The van der Waals surface area contributed by atoms with Gasteiger partial charge in [-0.15, -0.1) is 8.78 Å². The topological polar surface area (TPSA) is 95.1 Å². The fraction of sp³-hybridized carbons (Fsp3) is 0.467. The van der Waals surface area contributed by atoms with Gasteiger partial charge in [-0.05, 0) is 12.1 Å². The second kappa shape index (κ2) is 6.23. The molecule has 0 atom stereocenters. The number of anilines is 1. The van der Waals surface area contributed by atoms with Crippen molar-refractivity contribution in [1.29, 1.82) is 0 Å². The minimum Gasteiger partial charge on any atom is -0.395 e. The first kappa shape index (κ1) is 16.4. The van der Waals surface area contributed by atoms with Crippen LogP contribution < -0.4 is 25.4 Å². The summed E-state index contributed by atoms with van der Waals surface area (Å²) >= 11 is 0. The van der Waals surface area contributed by atoms with Gasteiger partial charge in [0.15, 0.2) is 18.0 Å². The molecule has 2 amide bonds. The quantitative estimate of drug-likeness (QED) is 0.702. The standard InChI is InChI=1S/C15H17F2N3O4/c16-15(17)23-11-2-1-10(7-12(11)24-15)19-13(21)8-20-5-3-9(4-6-20)14(18)22/h1-2,7,9H,3-6,8H2,(H2,18,22)(H,19,21)/p+1. The van der Waals surface area contributed by atoms with E-state index in [0.29, 0.717) is 31.6 Å². The fourth-order valence-corrected chi connectivity index (χ4v) is 2.95. The van der Waals surface area contributed by atoms with Gasteiger partial charge in [-0.25, -0.2) is 0 Å². The molecule has 2 aliphatic heterocycles. The highest BCUT2D eigenvalue weighted by molar-refractivity contribution is 5.91. The van der Waals surface area contributed by atoms with Crippen molar-refractivity contribution in [1.82, 2.24) is 0 Å². The number of ether oxygens (including phenoxy) is 2. The number of carbonyl (C=O) groups is 2. The van der Waals surface area contributed by atoms with E-state index in [4.69, 9.17) is 5.73 Å². The molecule has 0 bridgehead atoms. The van der Waals surface area contributed by atoms with Gasteiger partial charge >= 0.3 is 6.29 Å². The smallest absolute Gasteiger partial charge is 0.395 e. The van der Waals surface area contributed by atoms with Crippen LogP contribution in [0.5, 0.6) is 11.5 Å². The summed E-state index contributed by atoms with van der Waals surface area (Å²) < 4.78 is 34.6. The van der Waals surface area contributed by atoms with E-state index in [9.17, 15) is 18.4 Å². The predicted molar refractivity (Wildman–Crippen MR) is 78.8 cm³/mol. The van der Waals surface area contributed by atoms with E-state index in [1.165, 1.54) is 18.2 Å². The Labute approximate surface area is 136 Å². The summed E-state index contributed by atoms with van der Waals surface area (Å²) in [5, 5.41) is 2.65. The number of benzene rings is 1. The van der Waals surface area contributed by atoms with Crippen LogP contribution in [0.25, 0.3) is 0 Å². The van der Waals surface area contributed by atoms with E-state index in [2.05, 4.69) is 14.8 Å². The van der Waals surface area contributed by atoms with Crippen molar-refractivity contribution in [3.05, 3.63) is 18.2 Å². The van der Waals surface area contributed by atoms with E-state index < -0.39 is 6.29 Å². The highest BCUT2D eigenvalue weighted by atomic mass is 19.3. The maximum atomic E-state index is 13.0. The van der Waals surface area contributed by atoms with Crippen molar-refractivity contribution in [2.24, 2.45) is 11.7 Å². The minimum atomic E-state index is -3.68. The van der Waals surface area contributed by atoms with Crippen molar-refractivity contribution in [3.8, 4) is 11.5 Å². The molecule has 1 aromatic rings. The third-order valence-electron chi connectivity index (χ3n) is 4.19. The van der Waals surface area contributed by atoms with E-state index in [1.54, 1.807) is 0 Å². The summed E-state index contributed by atoms with van der Waals surface area (Å²) in [4.78, 5) is 24.3. The number of carbonyl (C=O) groups excluding carboxylic acids is 2. The number of quaternary nitrogens is 1. The van der Waals surface area contributed by atoms with Gasteiger partial charge in [0.1, 0.15) is 0 Å². The molecule has 2 heterocycles. The molecule has 1 saturated heterocycles. The molecule has 1 fully saturated rings. The van der Waals surface area contributed by atoms with E-state index in [1.807, 2.05) is 0 Å². The van der Waals surface area contributed by atoms with Gasteiger partial charge in [-0.2, -0.15) is 0 Å². The van der Waals surface area contributed by atoms with Gasteiger partial charge in [-0.3, -0.25) is 9.59 Å². The largest absolute Gasteiger partial charge is 0.586 e. The molecular formula is C15H18F2N3O4+. The Morgan fingerprint density at radius 3 is 2.58 bits per heavy atom. The minimum absolute atomic E-state index is 0.0721. The molecule has 130 valence electrons. The third kappa shape index (κ3) is 3.73. The number of amides is 2. The van der Waals surface area contributed by atoms with Crippen molar-refractivity contribution in [3.63, 3.8) is 0 Å². The zero-order valence-electron chi connectivity index (χ0n) is 12.8. The van der Waals surface area contributed by atoms with Crippen LogP contribution in [0, 0.1) is 5.92 Å². The number of alkyl halides is 2.